The fraction of sp³-hybridized carbons (Fsp3) is 0.308. The van der Waals surface area contributed by atoms with Gasteiger partial charge in [-0.3, -0.25) is 4.79 Å². The van der Waals surface area contributed by atoms with Crippen molar-refractivity contribution >= 4 is 5.91 Å². The zero-order valence-electron chi connectivity index (χ0n) is 9.64. The van der Waals surface area contributed by atoms with E-state index in [4.69, 9.17) is 5.11 Å². The van der Waals surface area contributed by atoms with E-state index >= 15 is 0 Å². The molecular weight excluding hydrogens is 237 g/mol. The van der Waals surface area contributed by atoms with Gasteiger partial charge in [-0.15, -0.1) is 0 Å². The Balaban J connectivity index is 2.04. The summed E-state index contributed by atoms with van der Waals surface area (Å²) < 4.78 is 13.0. The van der Waals surface area contributed by atoms with E-state index in [-0.39, 0.29) is 29.9 Å². The van der Waals surface area contributed by atoms with Crippen LogP contribution in [0.2, 0.25) is 0 Å². The Morgan fingerprint density at radius 1 is 1.44 bits per heavy atom. The maximum atomic E-state index is 13.0. The van der Waals surface area contributed by atoms with Crippen molar-refractivity contribution in [3.05, 3.63) is 41.7 Å². The molecule has 1 aromatic rings. The van der Waals surface area contributed by atoms with Gasteiger partial charge in [0, 0.05) is 18.6 Å². The van der Waals surface area contributed by atoms with Crippen molar-refractivity contribution in [1.29, 1.82) is 0 Å². The number of aliphatic hydroxyl groups excluding tert-OH is 1. The Morgan fingerprint density at radius 3 is 2.89 bits per heavy atom. The number of amides is 1. The Morgan fingerprint density at radius 2 is 2.22 bits per heavy atom. The summed E-state index contributed by atoms with van der Waals surface area (Å²) in [5.74, 6) is -1.32. The highest BCUT2D eigenvalue weighted by Crippen LogP contribution is 2.20. The van der Waals surface area contributed by atoms with Crippen molar-refractivity contribution in [2.45, 2.75) is 12.5 Å². The van der Waals surface area contributed by atoms with Crippen LogP contribution in [0.1, 0.15) is 16.8 Å². The van der Waals surface area contributed by atoms with E-state index in [1.165, 1.54) is 0 Å². The van der Waals surface area contributed by atoms with Gasteiger partial charge < -0.3 is 15.5 Å². The lowest BCUT2D eigenvalue weighted by Gasteiger charge is -2.13. The van der Waals surface area contributed by atoms with Crippen LogP contribution in [0, 0.1) is 11.7 Å². The molecule has 96 valence electrons. The quantitative estimate of drug-likeness (QED) is 0.707. The average Bonchev–Trinajstić information content (AvgIpc) is 2.80. The number of aliphatic hydroxyl groups is 1. The Kier molecular flexibility index (Phi) is 3.62. The van der Waals surface area contributed by atoms with Gasteiger partial charge >= 0.3 is 0 Å². The summed E-state index contributed by atoms with van der Waals surface area (Å²) in [6.07, 6.45) is 4.23. The molecule has 2 rings (SSSR count). The molecule has 0 saturated heterocycles. The molecule has 3 N–H and O–H groups in total. The van der Waals surface area contributed by atoms with E-state index in [1.807, 2.05) is 6.08 Å². The average molecular weight is 251 g/mol. The molecule has 5 heteroatoms. The third kappa shape index (κ3) is 2.68. The lowest BCUT2D eigenvalue weighted by molar-refractivity contribution is 0.0938. The Hall–Kier alpha value is -1.88. The summed E-state index contributed by atoms with van der Waals surface area (Å²) in [6.45, 7) is 0.0358. The first-order valence-electron chi connectivity index (χ1n) is 5.68. The Labute approximate surface area is 104 Å². The third-order valence-corrected chi connectivity index (χ3v) is 2.93. The molecule has 0 heterocycles. The van der Waals surface area contributed by atoms with Crippen molar-refractivity contribution in [2.24, 2.45) is 5.92 Å². The minimum absolute atomic E-state index is 0.0358. The molecule has 0 aromatic heterocycles. The molecule has 1 aromatic carbocycles. The topological polar surface area (TPSA) is 69.6 Å². The van der Waals surface area contributed by atoms with Gasteiger partial charge in [0.05, 0.1) is 5.56 Å². The molecule has 0 aliphatic heterocycles. The number of carbonyl (C=O) groups is 1. The lowest BCUT2D eigenvalue weighted by atomic mass is 10.1. The van der Waals surface area contributed by atoms with Crippen LogP contribution >= 0.6 is 0 Å². The van der Waals surface area contributed by atoms with Gasteiger partial charge in [0.25, 0.3) is 5.91 Å². The minimum atomic E-state index is -0.576. The summed E-state index contributed by atoms with van der Waals surface area (Å²) >= 11 is 0. The molecule has 0 saturated carbocycles. The molecule has 1 aliphatic carbocycles. The van der Waals surface area contributed by atoms with Crippen LogP contribution in [0.3, 0.4) is 0 Å². The molecule has 4 nitrogen and oxygen atoms in total. The molecule has 0 spiro atoms. The number of benzene rings is 1. The molecule has 0 unspecified atom stereocenters. The fourth-order valence-electron chi connectivity index (χ4n) is 1.95. The first-order chi connectivity index (χ1) is 8.60. The van der Waals surface area contributed by atoms with Gasteiger partial charge in [-0.05, 0) is 24.6 Å². The highest BCUT2D eigenvalue weighted by atomic mass is 19.1. The lowest BCUT2D eigenvalue weighted by Crippen LogP contribution is -2.33. The molecule has 0 radical (unpaired) electrons. The van der Waals surface area contributed by atoms with Crippen molar-refractivity contribution in [3.63, 3.8) is 0 Å². The van der Waals surface area contributed by atoms with E-state index in [9.17, 15) is 14.3 Å². The van der Waals surface area contributed by atoms with Gasteiger partial charge in [0.15, 0.2) is 0 Å². The number of hydrogen-bond acceptors (Lipinski definition) is 3. The summed E-state index contributed by atoms with van der Waals surface area (Å²) in [7, 11) is 0. The molecular formula is C13H14FNO3. The smallest absolute Gasteiger partial charge is 0.255 e. The van der Waals surface area contributed by atoms with E-state index < -0.39 is 11.7 Å². The Bertz CT molecular complexity index is 487. The third-order valence-electron chi connectivity index (χ3n) is 2.93. The number of rotatable bonds is 3. The van der Waals surface area contributed by atoms with Crippen LogP contribution in [-0.4, -0.2) is 28.8 Å². The number of carbonyl (C=O) groups excluding carboxylic acids is 1. The van der Waals surface area contributed by atoms with Gasteiger partial charge in [-0.1, -0.05) is 12.2 Å². The molecule has 1 aliphatic rings. The summed E-state index contributed by atoms with van der Waals surface area (Å²) in [4.78, 5) is 11.8. The van der Waals surface area contributed by atoms with Gasteiger partial charge in [-0.2, -0.15) is 0 Å². The zero-order chi connectivity index (χ0) is 13.1. The summed E-state index contributed by atoms with van der Waals surface area (Å²) in [5.41, 5.74) is -0.0872. The first-order valence-corrected chi connectivity index (χ1v) is 5.68. The second-order valence-electron chi connectivity index (χ2n) is 4.30. The number of halogens is 1. The standard InChI is InChI=1S/C13H14FNO3/c14-9-2-4-12(17)11(6-9)13(18)15-10-3-1-8(5-10)7-16/h1-4,6,8,10,16-17H,5,7H2,(H,15,18)/t8-,10+/m0/s1. The zero-order valence-corrected chi connectivity index (χ0v) is 9.64. The van der Waals surface area contributed by atoms with Gasteiger partial charge in [-0.25, -0.2) is 4.39 Å². The first kappa shape index (κ1) is 12.6. The van der Waals surface area contributed by atoms with Crippen molar-refractivity contribution in [3.8, 4) is 5.75 Å². The highest BCUT2D eigenvalue weighted by molar-refractivity contribution is 5.97. The van der Waals surface area contributed by atoms with Crippen LogP contribution in [0.5, 0.6) is 5.75 Å². The van der Waals surface area contributed by atoms with Crippen molar-refractivity contribution in [1.82, 2.24) is 5.32 Å². The van der Waals surface area contributed by atoms with E-state index in [2.05, 4.69) is 5.32 Å². The van der Waals surface area contributed by atoms with Crippen LogP contribution in [0.4, 0.5) is 4.39 Å². The predicted octanol–water partition coefficient (Wildman–Crippen LogP) is 1.20. The van der Waals surface area contributed by atoms with E-state index in [1.54, 1.807) is 6.08 Å². The van der Waals surface area contributed by atoms with E-state index in [0.717, 1.165) is 18.2 Å². The van der Waals surface area contributed by atoms with Crippen LogP contribution in [0.25, 0.3) is 0 Å². The normalized spacial score (nSPS) is 22.1. The van der Waals surface area contributed by atoms with Crippen molar-refractivity contribution in [2.75, 3.05) is 6.61 Å². The highest BCUT2D eigenvalue weighted by Gasteiger charge is 2.21. The minimum Gasteiger partial charge on any atom is -0.507 e. The molecule has 2 atom stereocenters. The molecule has 0 bridgehead atoms. The number of phenols is 1. The van der Waals surface area contributed by atoms with E-state index in [0.29, 0.717) is 6.42 Å². The second kappa shape index (κ2) is 5.18. The maximum Gasteiger partial charge on any atom is 0.255 e. The number of aromatic hydroxyl groups is 1. The molecule has 1 amide bonds. The largest absolute Gasteiger partial charge is 0.507 e. The van der Waals surface area contributed by atoms with Gasteiger partial charge in [0.2, 0.25) is 0 Å². The van der Waals surface area contributed by atoms with Crippen LogP contribution < -0.4 is 5.32 Å². The maximum absolute atomic E-state index is 13.0. The molecule has 18 heavy (non-hydrogen) atoms. The van der Waals surface area contributed by atoms with Crippen LogP contribution in [-0.2, 0) is 0 Å². The second-order valence-corrected chi connectivity index (χ2v) is 4.30. The fourth-order valence-corrected chi connectivity index (χ4v) is 1.95. The monoisotopic (exact) mass is 251 g/mol. The number of phenolic OH excluding ortho intramolecular Hbond substituents is 1. The summed E-state index contributed by atoms with van der Waals surface area (Å²) in [6, 6.07) is 3.03. The number of nitrogens with one attached hydrogen (secondary N) is 1. The summed E-state index contributed by atoms with van der Waals surface area (Å²) in [5, 5.41) is 21.1. The molecule has 0 fully saturated rings. The van der Waals surface area contributed by atoms with Crippen molar-refractivity contribution < 1.29 is 19.4 Å². The van der Waals surface area contributed by atoms with Crippen LogP contribution in [0.15, 0.2) is 30.4 Å². The number of hydrogen-bond donors (Lipinski definition) is 3. The predicted molar refractivity (Wildman–Crippen MR) is 63.7 cm³/mol. The van der Waals surface area contributed by atoms with Gasteiger partial charge in [0.1, 0.15) is 11.6 Å². The SMILES string of the molecule is O=C(N[C@@H]1C=C[C@H](CO)C1)c1cc(F)ccc1O.